The van der Waals surface area contributed by atoms with E-state index in [1.165, 1.54) is 19.2 Å². The Morgan fingerprint density at radius 3 is 2.10 bits per heavy atom. The first kappa shape index (κ1) is 21.0. The highest BCUT2D eigenvalue weighted by Gasteiger charge is 2.12. The first-order chi connectivity index (χ1) is 14.6. The molecule has 0 saturated heterocycles. The number of carboxylic acid groups (broad SMARTS) is 1. The fraction of sp³-hybridized carbons (Fsp3) is 0.208. The summed E-state index contributed by atoms with van der Waals surface area (Å²) in [5.74, 6) is 1.11. The van der Waals surface area contributed by atoms with Crippen LogP contribution in [0, 0.1) is 0 Å². The molecule has 0 radical (unpaired) electrons. The average molecular weight is 408 g/mol. The van der Waals surface area contributed by atoms with Crippen molar-refractivity contribution < 1.29 is 28.8 Å². The van der Waals surface area contributed by atoms with Crippen LogP contribution in [0.2, 0.25) is 0 Å². The van der Waals surface area contributed by atoms with Crippen molar-refractivity contribution in [3.63, 3.8) is 0 Å². The van der Waals surface area contributed by atoms with Crippen LogP contribution in [-0.2, 0) is 13.2 Å². The summed E-state index contributed by atoms with van der Waals surface area (Å²) in [6.45, 7) is 3.14. The molecule has 0 amide bonds. The smallest absolute Gasteiger partial charge is 0.335 e. The van der Waals surface area contributed by atoms with Gasteiger partial charge in [0.2, 0.25) is 0 Å². The van der Waals surface area contributed by atoms with Gasteiger partial charge in [-0.15, -0.1) is 0 Å². The number of rotatable bonds is 10. The van der Waals surface area contributed by atoms with Gasteiger partial charge in [-0.25, -0.2) is 4.79 Å². The third-order valence-corrected chi connectivity index (χ3v) is 4.35. The lowest BCUT2D eigenvalue weighted by Gasteiger charge is -2.15. The molecule has 6 heteroatoms. The maximum Gasteiger partial charge on any atom is 0.335 e. The van der Waals surface area contributed by atoms with Gasteiger partial charge in [0.05, 0.1) is 19.3 Å². The summed E-state index contributed by atoms with van der Waals surface area (Å²) in [6, 6.07) is 20.1. The van der Waals surface area contributed by atoms with E-state index in [1.807, 2.05) is 55.5 Å². The van der Waals surface area contributed by atoms with E-state index < -0.39 is 5.97 Å². The Bertz CT molecular complexity index is 984. The van der Waals surface area contributed by atoms with Gasteiger partial charge in [-0.1, -0.05) is 36.4 Å². The predicted octanol–water partition coefficient (Wildman–Crippen LogP) is 4.95. The highest BCUT2D eigenvalue weighted by molar-refractivity contribution is 5.88. The maximum atomic E-state index is 11.1. The number of aromatic carboxylic acids is 1. The molecule has 0 unspecified atom stereocenters. The third-order valence-electron chi connectivity index (χ3n) is 4.35. The van der Waals surface area contributed by atoms with Crippen molar-refractivity contribution in [1.82, 2.24) is 0 Å². The van der Waals surface area contributed by atoms with Crippen molar-refractivity contribution in [1.29, 1.82) is 0 Å². The normalized spacial score (nSPS) is 10.3. The van der Waals surface area contributed by atoms with Crippen molar-refractivity contribution in [3.05, 3.63) is 83.4 Å². The molecule has 0 heterocycles. The molecule has 30 heavy (non-hydrogen) atoms. The monoisotopic (exact) mass is 408 g/mol. The van der Waals surface area contributed by atoms with E-state index >= 15 is 0 Å². The van der Waals surface area contributed by atoms with Crippen LogP contribution in [0.1, 0.15) is 28.4 Å². The summed E-state index contributed by atoms with van der Waals surface area (Å²) in [5, 5.41) is 9.10. The summed E-state index contributed by atoms with van der Waals surface area (Å²) in [5.41, 5.74) is 2.09. The molecule has 0 saturated carbocycles. The van der Waals surface area contributed by atoms with Crippen LogP contribution in [0.3, 0.4) is 0 Å². The van der Waals surface area contributed by atoms with Crippen LogP contribution in [0.15, 0.2) is 66.7 Å². The van der Waals surface area contributed by atoms with Gasteiger partial charge in [0, 0.05) is 0 Å². The number of methoxy groups -OCH3 is 1. The Hall–Kier alpha value is -3.67. The lowest BCUT2D eigenvalue weighted by molar-refractivity contribution is 0.0696. The minimum absolute atomic E-state index is 0.137. The maximum absolute atomic E-state index is 11.1. The van der Waals surface area contributed by atoms with Crippen LogP contribution in [-0.4, -0.2) is 24.8 Å². The zero-order valence-electron chi connectivity index (χ0n) is 17.0. The Morgan fingerprint density at radius 1 is 0.767 bits per heavy atom. The Labute approximate surface area is 175 Å². The second kappa shape index (κ2) is 10.2. The summed E-state index contributed by atoms with van der Waals surface area (Å²) < 4.78 is 22.7. The predicted molar refractivity (Wildman–Crippen MR) is 113 cm³/mol. The number of benzene rings is 3. The second-order valence-corrected chi connectivity index (χ2v) is 6.45. The highest BCUT2D eigenvalue weighted by atomic mass is 16.5. The molecule has 0 fully saturated rings. The zero-order valence-corrected chi connectivity index (χ0v) is 17.0. The lowest BCUT2D eigenvalue weighted by Crippen LogP contribution is -2.03. The van der Waals surface area contributed by atoms with E-state index in [-0.39, 0.29) is 12.2 Å². The third kappa shape index (κ3) is 5.44. The topological polar surface area (TPSA) is 74.2 Å². The molecule has 0 spiro atoms. The van der Waals surface area contributed by atoms with Gasteiger partial charge in [-0.3, -0.25) is 0 Å². The van der Waals surface area contributed by atoms with Crippen LogP contribution >= 0.6 is 0 Å². The summed E-state index contributed by atoms with van der Waals surface area (Å²) >= 11 is 0. The van der Waals surface area contributed by atoms with E-state index in [0.717, 1.165) is 11.1 Å². The average Bonchev–Trinajstić information content (AvgIpc) is 2.77. The fourth-order valence-corrected chi connectivity index (χ4v) is 2.85. The van der Waals surface area contributed by atoms with Gasteiger partial charge in [0.1, 0.15) is 13.2 Å². The highest BCUT2D eigenvalue weighted by Crippen LogP contribution is 2.32. The Kier molecular flexibility index (Phi) is 7.16. The van der Waals surface area contributed by atoms with Crippen LogP contribution < -0.4 is 18.9 Å². The van der Waals surface area contributed by atoms with E-state index in [2.05, 4.69) is 0 Å². The molecule has 3 aromatic carbocycles. The fourth-order valence-electron chi connectivity index (χ4n) is 2.85. The van der Waals surface area contributed by atoms with E-state index in [9.17, 15) is 4.79 Å². The molecular weight excluding hydrogens is 384 g/mol. The quantitative estimate of drug-likeness (QED) is 0.512. The SMILES string of the molecule is CCOc1cc(COc2ccc(C(=O)O)cc2OC)ccc1OCc1ccccc1. The van der Waals surface area contributed by atoms with Crippen LogP contribution in [0.25, 0.3) is 0 Å². The molecule has 0 aromatic heterocycles. The van der Waals surface area contributed by atoms with Gasteiger partial charge in [0.25, 0.3) is 0 Å². The second-order valence-electron chi connectivity index (χ2n) is 6.45. The number of hydrogen-bond donors (Lipinski definition) is 1. The van der Waals surface area contributed by atoms with Gasteiger partial charge in [-0.2, -0.15) is 0 Å². The number of carbonyl (C=O) groups is 1. The molecule has 6 nitrogen and oxygen atoms in total. The first-order valence-corrected chi connectivity index (χ1v) is 9.57. The van der Waals surface area contributed by atoms with Crippen LogP contribution in [0.4, 0.5) is 0 Å². The number of carboxylic acids is 1. The van der Waals surface area contributed by atoms with Crippen molar-refractivity contribution in [2.45, 2.75) is 20.1 Å². The molecule has 0 aliphatic heterocycles. The molecule has 3 aromatic rings. The Morgan fingerprint density at radius 2 is 1.43 bits per heavy atom. The van der Waals surface area contributed by atoms with Crippen molar-refractivity contribution in [2.24, 2.45) is 0 Å². The lowest BCUT2D eigenvalue weighted by atomic mass is 10.2. The van der Waals surface area contributed by atoms with Crippen LogP contribution in [0.5, 0.6) is 23.0 Å². The van der Waals surface area contributed by atoms with Gasteiger partial charge in [-0.05, 0) is 48.4 Å². The number of ether oxygens (including phenoxy) is 4. The van der Waals surface area contributed by atoms with Crippen molar-refractivity contribution >= 4 is 5.97 Å². The van der Waals surface area contributed by atoms with Gasteiger partial charge < -0.3 is 24.1 Å². The Balaban J connectivity index is 1.70. The standard InChI is InChI=1S/C24H24O6/c1-3-28-23-13-18(9-11-21(23)29-15-17-7-5-4-6-8-17)16-30-20-12-10-19(24(25)26)14-22(20)27-2/h4-14H,3,15-16H2,1-2H3,(H,25,26). The first-order valence-electron chi connectivity index (χ1n) is 9.57. The van der Waals surface area contributed by atoms with Gasteiger partial charge in [0.15, 0.2) is 23.0 Å². The summed E-state index contributed by atoms with van der Waals surface area (Å²) in [4.78, 5) is 11.1. The molecule has 0 atom stereocenters. The molecule has 0 aliphatic rings. The van der Waals surface area contributed by atoms with E-state index in [1.54, 1.807) is 6.07 Å². The minimum Gasteiger partial charge on any atom is -0.493 e. The molecule has 1 N–H and O–H groups in total. The molecule has 0 bridgehead atoms. The zero-order chi connectivity index (χ0) is 21.3. The van der Waals surface area contributed by atoms with E-state index in [4.69, 9.17) is 24.1 Å². The van der Waals surface area contributed by atoms with Crippen molar-refractivity contribution in [2.75, 3.05) is 13.7 Å². The largest absolute Gasteiger partial charge is 0.493 e. The number of hydrogen-bond acceptors (Lipinski definition) is 5. The van der Waals surface area contributed by atoms with E-state index in [0.29, 0.717) is 36.2 Å². The molecule has 156 valence electrons. The molecule has 3 rings (SSSR count). The molecular formula is C24H24O6. The molecule has 0 aliphatic carbocycles. The summed E-state index contributed by atoms with van der Waals surface area (Å²) in [6.07, 6.45) is 0. The minimum atomic E-state index is -1.02. The summed E-state index contributed by atoms with van der Waals surface area (Å²) in [7, 11) is 1.47. The van der Waals surface area contributed by atoms with Crippen molar-refractivity contribution in [3.8, 4) is 23.0 Å². The van der Waals surface area contributed by atoms with Gasteiger partial charge >= 0.3 is 5.97 Å².